The molecule has 21 heavy (non-hydrogen) atoms. The fourth-order valence-corrected chi connectivity index (χ4v) is 3.03. The van der Waals surface area contributed by atoms with Crippen molar-refractivity contribution in [2.75, 3.05) is 45.2 Å². The van der Waals surface area contributed by atoms with Gasteiger partial charge in [0.1, 0.15) is 5.82 Å². The van der Waals surface area contributed by atoms with Crippen LogP contribution in [0.3, 0.4) is 0 Å². The van der Waals surface area contributed by atoms with Crippen molar-refractivity contribution in [1.29, 1.82) is 0 Å². The molecule has 2 rings (SSSR count). The van der Waals surface area contributed by atoms with Crippen molar-refractivity contribution in [3.8, 4) is 0 Å². The topological polar surface area (TPSA) is 18.5 Å². The first kappa shape index (κ1) is 16.2. The van der Waals surface area contributed by atoms with Crippen LogP contribution < -0.4 is 10.2 Å². The second-order valence-electron chi connectivity index (χ2n) is 6.29. The monoisotopic (exact) mass is 293 g/mol. The van der Waals surface area contributed by atoms with Crippen molar-refractivity contribution < 1.29 is 4.39 Å². The SMILES string of the molecule is CCCNCc1cc(F)cc(N(C)CC2CCN(C)C2)c1. The highest BCUT2D eigenvalue weighted by Gasteiger charge is 2.21. The molecule has 1 heterocycles. The molecule has 1 atom stereocenters. The summed E-state index contributed by atoms with van der Waals surface area (Å²) in [5.74, 6) is 0.543. The van der Waals surface area contributed by atoms with Gasteiger partial charge in [-0.1, -0.05) is 6.92 Å². The van der Waals surface area contributed by atoms with Crippen LogP contribution in [0, 0.1) is 11.7 Å². The molecule has 1 saturated heterocycles. The normalized spacial score (nSPS) is 19.1. The smallest absolute Gasteiger partial charge is 0.125 e. The molecule has 3 nitrogen and oxygen atoms in total. The van der Waals surface area contributed by atoms with Crippen molar-refractivity contribution in [2.45, 2.75) is 26.3 Å². The van der Waals surface area contributed by atoms with Crippen LogP contribution in [0.5, 0.6) is 0 Å². The van der Waals surface area contributed by atoms with Crippen LogP contribution in [0.4, 0.5) is 10.1 Å². The number of nitrogens with one attached hydrogen (secondary N) is 1. The Morgan fingerprint density at radius 3 is 2.86 bits per heavy atom. The maximum absolute atomic E-state index is 13.8. The molecule has 1 aliphatic heterocycles. The average molecular weight is 293 g/mol. The summed E-state index contributed by atoms with van der Waals surface area (Å²) in [6.45, 7) is 7.15. The van der Waals surface area contributed by atoms with Gasteiger partial charge in [-0.2, -0.15) is 0 Å². The molecular weight excluding hydrogens is 265 g/mol. The fraction of sp³-hybridized carbons (Fsp3) is 0.647. The fourth-order valence-electron chi connectivity index (χ4n) is 3.03. The average Bonchev–Trinajstić information content (AvgIpc) is 2.84. The zero-order valence-corrected chi connectivity index (χ0v) is 13.5. The Morgan fingerprint density at radius 1 is 1.38 bits per heavy atom. The Balaban J connectivity index is 1.97. The Hall–Kier alpha value is -1.13. The van der Waals surface area contributed by atoms with Gasteiger partial charge in [0.2, 0.25) is 0 Å². The van der Waals surface area contributed by atoms with Gasteiger partial charge in [0, 0.05) is 32.4 Å². The van der Waals surface area contributed by atoms with Crippen LogP contribution in [0.1, 0.15) is 25.3 Å². The second-order valence-corrected chi connectivity index (χ2v) is 6.29. The van der Waals surface area contributed by atoms with Gasteiger partial charge in [0.05, 0.1) is 0 Å². The van der Waals surface area contributed by atoms with Gasteiger partial charge < -0.3 is 15.1 Å². The number of anilines is 1. The van der Waals surface area contributed by atoms with E-state index >= 15 is 0 Å². The van der Waals surface area contributed by atoms with E-state index in [1.165, 1.54) is 13.0 Å². The number of hydrogen-bond acceptors (Lipinski definition) is 3. The summed E-state index contributed by atoms with van der Waals surface area (Å²) in [7, 11) is 4.23. The van der Waals surface area contributed by atoms with Gasteiger partial charge >= 0.3 is 0 Å². The van der Waals surface area contributed by atoms with E-state index in [-0.39, 0.29) is 5.82 Å². The van der Waals surface area contributed by atoms with Crippen LogP contribution in [0.15, 0.2) is 18.2 Å². The van der Waals surface area contributed by atoms with E-state index in [2.05, 4.69) is 42.2 Å². The molecule has 1 fully saturated rings. The first-order chi connectivity index (χ1) is 10.1. The third-order valence-electron chi connectivity index (χ3n) is 4.16. The van der Waals surface area contributed by atoms with Crippen molar-refractivity contribution in [3.05, 3.63) is 29.6 Å². The Kier molecular flexibility index (Phi) is 6.00. The van der Waals surface area contributed by atoms with E-state index in [0.29, 0.717) is 5.92 Å². The predicted molar refractivity (Wildman–Crippen MR) is 87.3 cm³/mol. The lowest BCUT2D eigenvalue weighted by Crippen LogP contribution is -2.27. The standard InChI is InChI=1S/C17H28FN3/c1-4-6-19-11-15-8-16(18)10-17(9-15)21(3)13-14-5-7-20(2)12-14/h8-10,14,19H,4-7,11-13H2,1-3H3. The van der Waals surface area contributed by atoms with E-state index in [1.807, 2.05) is 0 Å². The first-order valence-corrected chi connectivity index (χ1v) is 7.98. The molecule has 0 saturated carbocycles. The molecule has 1 N–H and O–H groups in total. The van der Waals surface area contributed by atoms with Gasteiger partial charge in [0.25, 0.3) is 0 Å². The maximum Gasteiger partial charge on any atom is 0.125 e. The molecule has 0 radical (unpaired) electrons. The zero-order chi connectivity index (χ0) is 15.2. The third-order valence-corrected chi connectivity index (χ3v) is 4.16. The molecule has 0 aliphatic carbocycles. The molecule has 0 aromatic heterocycles. The van der Waals surface area contributed by atoms with E-state index in [4.69, 9.17) is 0 Å². The number of halogens is 1. The van der Waals surface area contributed by atoms with E-state index < -0.39 is 0 Å². The van der Waals surface area contributed by atoms with Gasteiger partial charge in [0.15, 0.2) is 0 Å². The van der Waals surface area contributed by atoms with Gasteiger partial charge in [-0.3, -0.25) is 0 Å². The van der Waals surface area contributed by atoms with Crippen molar-refractivity contribution in [3.63, 3.8) is 0 Å². The van der Waals surface area contributed by atoms with Gasteiger partial charge in [-0.25, -0.2) is 4.39 Å². The molecule has 1 aromatic carbocycles. The minimum atomic E-state index is -0.142. The lowest BCUT2D eigenvalue weighted by atomic mass is 10.1. The molecule has 0 bridgehead atoms. The zero-order valence-electron chi connectivity index (χ0n) is 13.5. The summed E-state index contributed by atoms with van der Waals surface area (Å²) in [5.41, 5.74) is 2.01. The van der Waals surface area contributed by atoms with Crippen molar-refractivity contribution in [1.82, 2.24) is 10.2 Å². The summed E-state index contributed by atoms with van der Waals surface area (Å²) in [6, 6.07) is 5.37. The summed E-state index contributed by atoms with van der Waals surface area (Å²) in [4.78, 5) is 4.56. The van der Waals surface area contributed by atoms with Crippen LogP contribution in [0.25, 0.3) is 0 Å². The molecule has 4 heteroatoms. The molecule has 0 amide bonds. The van der Waals surface area contributed by atoms with Crippen LogP contribution in [0.2, 0.25) is 0 Å². The van der Waals surface area contributed by atoms with Crippen LogP contribution in [-0.4, -0.2) is 45.2 Å². The van der Waals surface area contributed by atoms with E-state index in [9.17, 15) is 4.39 Å². The van der Waals surface area contributed by atoms with Crippen molar-refractivity contribution in [2.24, 2.45) is 5.92 Å². The Bertz CT molecular complexity index is 450. The van der Waals surface area contributed by atoms with E-state index in [0.717, 1.165) is 43.9 Å². The Labute approximate surface area is 128 Å². The van der Waals surface area contributed by atoms with Crippen molar-refractivity contribution >= 4 is 5.69 Å². The predicted octanol–water partition coefficient (Wildman–Crippen LogP) is 2.71. The largest absolute Gasteiger partial charge is 0.374 e. The van der Waals surface area contributed by atoms with Gasteiger partial charge in [-0.15, -0.1) is 0 Å². The highest BCUT2D eigenvalue weighted by molar-refractivity contribution is 5.48. The molecule has 0 spiro atoms. The summed E-state index contributed by atoms with van der Waals surface area (Å²) >= 11 is 0. The van der Waals surface area contributed by atoms with E-state index in [1.54, 1.807) is 12.1 Å². The number of benzene rings is 1. The second kappa shape index (κ2) is 7.76. The lowest BCUT2D eigenvalue weighted by Gasteiger charge is -2.24. The number of rotatable bonds is 7. The third kappa shape index (κ3) is 4.97. The molecule has 1 aliphatic rings. The molecule has 1 unspecified atom stereocenters. The number of likely N-dealkylation sites (tertiary alicyclic amines) is 1. The highest BCUT2D eigenvalue weighted by atomic mass is 19.1. The maximum atomic E-state index is 13.8. The molecular formula is C17H28FN3. The summed E-state index contributed by atoms with van der Waals surface area (Å²) in [6.07, 6.45) is 2.33. The van der Waals surface area contributed by atoms with Gasteiger partial charge in [-0.05, 0) is 62.7 Å². The quantitative estimate of drug-likeness (QED) is 0.780. The number of nitrogens with zero attached hydrogens (tertiary/aromatic N) is 2. The minimum absolute atomic E-state index is 0.142. The summed E-state index contributed by atoms with van der Waals surface area (Å²) < 4.78 is 13.8. The molecule has 118 valence electrons. The molecule has 1 aromatic rings. The minimum Gasteiger partial charge on any atom is -0.374 e. The summed E-state index contributed by atoms with van der Waals surface area (Å²) in [5, 5.41) is 3.33. The Morgan fingerprint density at radius 2 is 2.19 bits per heavy atom. The van der Waals surface area contributed by atoms with Crippen LogP contribution in [-0.2, 0) is 6.54 Å². The highest BCUT2D eigenvalue weighted by Crippen LogP contribution is 2.22. The lowest BCUT2D eigenvalue weighted by molar-refractivity contribution is 0.396. The first-order valence-electron chi connectivity index (χ1n) is 7.98. The van der Waals surface area contributed by atoms with Crippen LogP contribution >= 0.6 is 0 Å². The number of hydrogen-bond donors (Lipinski definition) is 1.